The highest BCUT2D eigenvalue weighted by Gasteiger charge is 2.26. The van der Waals surface area contributed by atoms with Crippen molar-refractivity contribution in [2.24, 2.45) is 5.92 Å². The molecule has 3 aromatic rings. The monoisotopic (exact) mass is 405 g/mol. The summed E-state index contributed by atoms with van der Waals surface area (Å²) in [6.45, 7) is 7.82. The van der Waals surface area contributed by atoms with E-state index in [-0.39, 0.29) is 12.0 Å². The molecule has 2 aromatic heterocycles. The van der Waals surface area contributed by atoms with Crippen molar-refractivity contribution >= 4 is 11.6 Å². The van der Waals surface area contributed by atoms with Crippen LogP contribution in [0.5, 0.6) is 0 Å². The number of nitrogens with zero attached hydrogens (tertiary/aromatic N) is 3. The number of likely N-dealkylation sites (tertiary alicyclic amines) is 1. The first kappa shape index (κ1) is 20.6. The zero-order valence-corrected chi connectivity index (χ0v) is 18.4. The molecule has 0 N–H and O–H groups in total. The molecule has 1 aromatic carbocycles. The van der Waals surface area contributed by atoms with Crippen molar-refractivity contribution in [1.29, 1.82) is 0 Å². The first-order chi connectivity index (χ1) is 14.5. The molecule has 0 radical (unpaired) electrons. The third-order valence-electron chi connectivity index (χ3n) is 6.47. The van der Waals surface area contributed by atoms with Crippen LogP contribution in [0.15, 0.2) is 42.7 Å². The summed E-state index contributed by atoms with van der Waals surface area (Å²) >= 11 is 0. The van der Waals surface area contributed by atoms with Gasteiger partial charge in [-0.25, -0.2) is 4.98 Å². The largest absolute Gasteiger partial charge is 0.377 e. The standard InChI is InChI=1S/C25H31N3O2/c1-17-7-5-6-8-21(17)14-20-9-11-27(12-10-20)25(29)23-16-28-15-22(19(3)30-4)13-18(2)24(28)26-23/h5-8,13,15-16,19-20H,9-12,14H2,1-4H3. The van der Waals surface area contributed by atoms with Gasteiger partial charge >= 0.3 is 0 Å². The Balaban J connectivity index is 1.44. The molecule has 0 aliphatic carbocycles. The highest BCUT2D eigenvalue weighted by atomic mass is 16.5. The highest BCUT2D eigenvalue weighted by molar-refractivity contribution is 5.93. The molecule has 3 heterocycles. The molecule has 0 bridgehead atoms. The fourth-order valence-electron chi connectivity index (χ4n) is 4.41. The van der Waals surface area contributed by atoms with E-state index < -0.39 is 0 Å². The number of hydrogen-bond donors (Lipinski definition) is 0. The number of rotatable bonds is 5. The number of piperidine rings is 1. The van der Waals surface area contributed by atoms with Crippen LogP contribution in [0.2, 0.25) is 0 Å². The van der Waals surface area contributed by atoms with Crippen LogP contribution in [0.1, 0.15) is 58.6 Å². The van der Waals surface area contributed by atoms with Crippen molar-refractivity contribution in [3.8, 4) is 0 Å². The predicted octanol–water partition coefficient (Wildman–Crippen LogP) is 4.75. The summed E-state index contributed by atoms with van der Waals surface area (Å²) in [6, 6.07) is 10.7. The number of fused-ring (bicyclic) bond motifs is 1. The van der Waals surface area contributed by atoms with Gasteiger partial charge in [-0.05, 0) is 74.3 Å². The van der Waals surface area contributed by atoms with E-state index in [1.807, 2.05) is 35.5 Å². The first-order valence-electron chi connectivity index (χ1n) is 10.8. The average Bonchev–Trinajstić information content (AvgIpc) is 3.20. The minimum atomic E-state index is 0.00179. The fraction of sp³-hybridized carbons (Fsp3) is 0.440. The highest BCUT2D eigenvalue weighted by Crippen LogP contribution is 2.25. The number of hydrogen-bond acceptors (Lipinski definition) is 3. The van der Waals surface area contributed by atoms with E-state index >= 15 is 0 Å². The lowest BCUT2D eigenvalue weighted by Gasteiger charge is -2.32. The Bertz CT molecular complexity index is 1050. The summed E-state index contributed by atoms with van der Waals surface area (Å²) in [7, 11) is 1.70. The zero-order valence-electron chi connectivity index (χ0n) is 18.4. The minimum absolute atomic E-state index is 0.00179. The number of carbonyl (C=O) groups excluding carboxylic acids is 1. The Hall–Kier alpha value is -2.66. The lowest BCUT2D eigenvalue weighted by molar-refractivity contribution is 0.0685. The predicted molar refractivity (Wildman–Crippen MR) is 119 cm³/mol. The molecular formula is C25H31N3O2. The normalized spacial score (nSPS) is 16.2. The van der Waals surface area contributed by atoms with Gasteiger partial charge in [0.2, 0.25) is 0 Å². The molecule has 1 fully saturated rings. The van der Waals surface area contributed by atoms with Crippen LogP contribution in [-0.4, -0.2) is 40.4 Å². The van der Waals surface area contributed by atoms with Crippen molar-refractivity contribution in [2.45, 2.75) is 46.1 Å². The summed E-state index contributed by atoms with van der Waals surface area (Å²) in [5.74, 6) is 0.672. The van der Waals surface area contributed by atoms with Crippen LogP contribution in [0.25, 0.3) is 5.65 Å². The second-order valence-electron chi connectivity index (χ2n) is 8.56. The summed E-state index contributed by atoms with van der Waals surface area (Å²) < 4.78 is 7.40. The number of amides is 1. The SMILES string of the molecule is COC(C)c1cc(C)c2nc(C(=O)N3CCC(Cc4ccccc4C)CC3)cn2c1. The van der Waals surface area contributed by atoms with E-state index in [1.54, 1.807) is 7.11 Å². The third kappa shape index (κ3) is 4.12. The van der Waals surface area contributed by atoms with Gasteiger partial charge < -0.3 is 14.0 Å². The van der Waals surface area contributed by atoms with Gasteiger partial charge in [0.1, 0.15) is 11.3 Å². The summed E-state index contributed by atoms with van der Waals surface area (Å²) in [5.41, 5.74) is 6.28. The van der Waals surface area contributed by atoms with Gasteiger partial charge in [-0.2, -0.15) is 0 Å². The van der Waals surface area contributed by atoms with E-state index in [9.17, 15) is 4.79 Å². The molecule has 1 amide bonds. The Labute approximate surface area is 178 Å². The number of aryl methyl sites for hydroxylation is 2. The molecule has 4 rings (SSSR count). The number of aromatic nitrogens is 2. The van der Waals surface area contributed by atoms with Gasteiger partial charge in [0.25, 0.3) is 5.91 Å². The van der Waals surface area contributed by atoms with Crippen LogP contribution in [0.4, 0.5) is 0 Å². The maximum Gasteiger partial charge on any atom is 0.274 e. The lowest BCUT2D eigenvalue weighted by atomic mass is 9.88. The van der Waals surface area contributed by atoms with Crippen molar-refractivity contribution in [2.75, 3.05) is 20.2 Å². The molecule has 1 saturated heterocycles. The number of carbonyl (C=O) groups is 1. The number of pyridine rings is 1. The van der Waals surface area contributed by atoms with Crippen molar-refractivity contribution in [3.63, 3.8) is 0 Å². The molecule has 1 unspecified atom stereocenters. The van der Waals surface area contributed by atoms with Gasteiger partial charge in [-0.15, -0.1) is 0 Å². The molecule has 5 heteroatoms. The van der Waals surface area contributed by atoms with Gasteiger partial charge in [0.05, 0.1) is 6.10 Å². The Morgan fingerprint density at radius 3 is 2.60 bits per heavy atom. The molecule has 0 saturated carbocycles. The zero-order chi connectivity index (χ0) is 21.3. The van der Waals surface area contributed by atoms with E-state index in [1.165, 1.54) is 11.1 Å². The van der Waals surface area contributed by atoms with Gasteiger partial charge in [0.15, 0.2) is 0 Å². The third-order valence-corrected chi connectivity index (χ3v) is 6.47. The van der Waals surface area contributed by atoms with E-state index in [4.69, 9.17) is 4.74 Å². The van der Waals surface area contributed by atoms with Gasteiger partial charge in [-0.3, -0.25) is 4.79 Å². The average molecular weight is 406 g/mol. The number of methoxy groups -OCH3 is 1. The molecule has 5 nitrogen and oxygen atoms in total. The van der Waals surface area contributed by atoms with E-state index in [2.05, 4.69) is 42.2 Å². The van der Waals surface area contributed by atoms with Crippen LogP contribution >= 0.6 is 0 Å². The van der Waals surface area contributed by atoms with Crippen LogP contribution < -0.4 is 0 Å². The molecule has 1 aliphatic rings. The summed E-state index contributed by atoms with van der Waals surface area (Å²) in [4.78, 5) is 19.7. The summed E-state index contributed by atoms with van der Waals surface area (Å²) in [5, 5.41) is 0. The van der Waals surface area contributed by atoms with E-state index in [0.717, 1.165) is 49.1 Å². The van der Waals surface area contributed by atoms with Crippen molar-refractivity contribution in [1.82, 2.24) is 14.3 Å². The number of imidazole rings is 1. The second kappa shape index (κ2) is 8.60. The Morgan fingerprint density at radius 2 is 1.90 bits per heavy atom. The molecular weight excluding hydrogens is 374 g/mol. The van der Waals surface area contributed by atoms with Crippen molar-refractivity contribution in [3.05, 3.63) is 70.7 Å². The maximum atomic E-state index is 13.1. The molecule has 158 valence electrons. The first-order valence-corrected chi connectivity index (χ1v) is 10.8. The lowest BCUT2D eigenvalue weighted by Crippen LogP contribution is -2.39. The molecule has 1 aliphatic heterocycles. The fourth-order valence-corrected chi connectivity index (χ4v) is 4.41. The van der Waals surface area contributed by atoms with E-state index in [0.29, 0.717) is 11.6 Å². The van der Waals surface area contributed by atoms with Crippen LogP contribution in [-0.2, 0) is 11.2 Å². The van der Waals surface area contributed by atoms with Crippen molar-refractivity contribution < 1.29 is 9.53 Å². The Morgan fingerprint density at radius 1 is 1.17 bits per heavy atom. The summed E-state index contributed by atoms with van der Waals surface area (Å²) in [6.07, 6.45) is 7.05. The Kier molecular flexibility index (Phi) is 5.91. The van der Waals surface area contributed by atoms with Gasteiger partial charge in [0, 0.05) is 32.6 Å². The number of ether oxygens (including phenoxy) is 1. The molecule has 1 atom stereocenters. The topological polar surface area (TPSA) is 46.8 Å². The number of benzene rings is 1. The minimum Gasteiger partial charge on any atom is -0.377 e. The van der Waals surface area contributed by atoms with Crippen LogP contribution in [0.3, 0.4) is 0 Å². The smallest absolute Gasteiger partial charge is 0.274 e. The van der Waals surface area contributed by atoms with Crippen LogP contribution in [0, 0.1) is 19.8 Å². The molecule has 0 spiro atoms. The van der Waals surface area contributed by atoms with Gasteiger partial charge in [-0.1, -0.05) is 24.3 Å². The quantitative estimate of drug-likeness (QED) is 0.615. The maximum absolute atomic E-state index is 13.1. The molecule has 30 heavy (non-hydrogen) atoms. The second-order valence-corrected chi connectivity index (χ2v) is 8.56.